The predicted molar refractivity (Wildman–Crippen MR) is 59.1 cm³/mol. The molecule has 4 fully saturated rings. The summed E-state index contributed by atoms with van der Waals surface area (Å²) in [5, 5.41) is 0. The maximum Gasteiger partial charge on any atom is 0.0119 e. The van der Waals surface area contributed by atoms with Crippen molar-refractivity contribution in [3.05, 3.63) is 0 Å². The normalized spacial score (nSPS) is 51.9. The van der Waals surface area contributed by atoms with Crippen molar-refractivity contribution in [3.8, 4) is 0 Å². The quantitative estimate of drug-likeness (QED) is 0.652. The second-order valence-electron chi connectivity index (χ2n) is 6.52. The van der Waals surface area contributed by atoms with Crippen LogP contribution < -0.4 is 0 Å². The third kappa shape index (κ3) is 1.05. The summed E-state index contributed by atoms with van der Waals surface area (Å²) in [5.41, 5.74) is 0.850. The Bertz CT molecular complexity index is 229. The van der Waals surface area contributed by atoms with Gasteiger partial charge in [0.2, 0.25) is 0 Å². The maximum absolute atomic E-state index is 2.62. The van der Waals surface area contributed by atoms with Crippen LogP contribution in [0, 0.1) is 23.2 Å². The van der Waals surface area contributed by atoms with Crippen LogP contribution in [-0.4, -0.2) is 24.5 Å². The minimum absolute atomic E-state index is 0.845. The molecule has 1 nitrogen and oxygen atoms in total. The maximum atomic E-state index is 2.62. The van der Waals surface area contributed by atoms with Crippen LogP contribution in [-0.2, 0) is 0 Å². The van der Waals surface area contributed by atoms with E-state index in [1.807, 2.05) is 0 Å². The number of hydrogen-bond acceptors (Lipinski definition) is 1. The first kappa shape index (κ1) is 9.21. The van der Waals surface area contributed by atoms with Gasteiger partial charge in [-0.05, 0) is 55.9 Å². The predicted octanol–water partition coefficient (Wildman–Crippen LogP) is 2.76. The third-order valence-electron chi connectivity index (χ3n) is 5.32. The van der Waals surface area contributed by atoms with Crippen molar-refractivity contribution in [2.24, 2.45) is 23.2 Å². The molecule has 3 aliphatic carbocycles. The first-order chi connectivity index (χ1) is 6.61. The Balaban J connectivity index is 1.68. The van der Waals surface area contributed by atoms with E-state index in [1.165, 1.54) is 13.0 Å². The minimum atomic E-state index is 0.845. The SMILES string of the molecule is CC(C)C1C[C@H](C23CC(C2)C3)CN1C. The van der Waals surface area contributed by atoms with E-state index >= 15 is 0 Å². The van der Waals surface area contributed by atoms with Crippen molar-refractivity contribution >= 4 is 0 Å². The summed E-state index contributed by atoms with van der Waals surface area (Å²) in [6.07, 6.45) is 6.23. The summed E-state index contributed by atoms with van der Waals surface area (Å²) in [6, 6.07) is 0.869. The molecule has 1 heteroatoms. The number of rotatable bonds is 2. The van der Waals surface area contributed by atoms with Gasteiger partial charge in [-0.1, -0.05) is 13.8 Å². The van der Waals surface area contributed by atoms with E-state index in [-0.39, 0.29) is 0 Å². The molecule has 80 valence electrons. The van der Waals surface area contributed by atoms with Crippen LogP contribution >= 0.6 is 0 Å². The van der Waals surface area contributed by atoms with Crippen molar-refractivity contribution in [2.75, 3.05) is 13.6 Å². The van der Waals surface area contributed by atoms with Gasteiger partial charge in [0.25, 0.3) is 0 Å². The number of hydrogen-bond donors (Lipinski definition) is 0. The Kier molecular flexibility index (Phi) is 1.81. The molecule has 1 aliphatic heterocycles. The number of likely N-dealkylation sites (tertiary alicyclic amines) is 1. The number of nitrogens with zero attached hydrogens (tertiary/aromatic N) is 1. The summed E-state index contributed by atoms with van der Waals surface area (Å²) in [4.78, 5) is 2.62. The molecule has 1 heterocycles. The zero-order chi connectivity index (χ0) is 9.92. The highest BCUT2D eigenvalue weighted by Crippen LogP contribution is 2.69. The summed E-state index contributed by atoms with van der Waals surface area (Å²) < 4.78 is 0. The van der Waals surface area contributed by atoms with Crippen LogP contribution in [0.25, 0.3) is 0 Å². The second-order valence-corrected chi connectivity index (χ2v) is 6.52. The second kappa shape index (κ2) is 2.75. The van der Waals surface area contributed by atoms with Gasteiger partial charge in [-0.3, -0.25) is 0 Å². The minimum Gasteiger partial charge on any atom is -0.303 e. The molecule has 0 radical (unpaired) electrons. The van der Waals surface area contributed by atoms with E-state index in [4.69, 9.17) is 0 Å². The molecular formula is C13H23N. The lowest BCUT2D eigenvalue weighted by Gasteiger charge is -2.65. The first-order valence-electron chi connectivity index (χ1n) is 6.31. The van der Waals surface area contributed by atoms with Gasteiger partial charge in [0.05, 0.1) is 0 Å². The molecule has 0 aromatic rings. The lowest BCUT2D eigenvalue weighted by atomic mass is 9.40. The van der Waals surface area contributed by atoms with Crippen LogP contribution in [0.1, 0.15) is 39.5 Å². The molecular weight excluding hydrogens is 170 g/mol. The molecule has 1 unspecified atom stereocenters. The molecule has 1 saturated heterocycles. The fourth-order valence-corrected chi connectivity index (χ4v) is 4.30. The van der Waals surface area contributed by atoms with Gasteiger partial charge in [-0.2, -0.15) is 0 Å². The van der Waals surface area contributed by atoms with Crippen molar-refractivity contribution in [1.29, 1.82) is 0 Å². The summed E-state index contributed by atoms with van der Waals surface area (Å²) >= 11 is 0. The van der Waals surface area contributed by atoms with Crippen LogP contribution in [0.15, 0.2) is 0 Å². The molecule has 2 atom stereocenters. The molecule has 0 amide bonds. The fourth-order valence-electron chi connectivity index (χ4n) is 4.30. The van der Waals surface area contributed by atoms with E-state index < -0.39 is 0 Å². The molecule has 14 heavy (non-hydrogen) atoms. The standard InChI is InChI=1S/C13H23N/c1-9(2)12-4-11(8-14(12)3)13-5-10(6-13)7-13/h9-12H,4-8H2,1-3H3/t10?,11-,12?,13?/m0/s1. The topological polar surface area (TPSA) is 3.24 Å². The zero-order valence-electron chi connectivity index (χ0n) is 9.79. The molecule has 0 aromatic carbocycles. The smallest absolute Gasteiger partial charge is 0.0119 e. The highest BCUT2D eigenvalue weighted by Gasteiger charge is 2.61. The molecule has 4 rings (SSSR count). The fraction of sp³-hybridized carbons (Fsp3) is 1.00. The molecule has 2 bridgehead atoms. The van der Waals surface area contributed by atoms with Gasteiger partial charge in [0, 0.05) is 12.6 Å². The van der Waals surface area contributed by atoms with Crippen molar-refractivity contribution in [1.82, 2.24) is 4.90 Å². The van der Waals surface area contributed by atoms with E-state index in [9.17, 15) is 0 Å². The van der Waals surface area contributed by atoms with Crippen LogP contribution in [0.5, 0.6) is 0 Å². The van der Waals surface area contributed by atoms with Crippen molar-refractivity contribution in [3.63, 3.8) is 0 Å². The molecule has 0 N–H and O–H groups in total. The van der Waals surface area contributed by atoms with E-state index in [2.05, 4.69) is 25.8 Å². The van der Waals surface area contributed by atoms with E-state index in [0.717, 1.165) is 29.2 Å². The van der Waals surface area contributed by atoms with Crippen LogP contribution in [0.3, 0.4) is 0 Å². The monoisotopic (exact) mass is 193 g/mol. The van der Waals surface area contributed by atoms with Crippen molar-refractivity contribution < 1.29 is 0 Å². The van der Waals surface area contributed by atoms with Gasteiger partial charge in [0.15, 0.2) is 0 Å². The highest BCUT2D eigenvalue weighted by molar-refractivity contribution is 5.12. The molecule has 0 aromatic heterocycles. The van der Waals surface area contributed by atoms with Crippen molar-refractivity contribution in [2.45, 2.75) is 45.6 Å². The highest BCUT2D eigenvalue weighted by atomic mass is 15.2. The Labute approximate surface area is 87.9 Å². The van der Waals surface area contributed by atoms with E-state index in [1.54, 1.807) is 19.3 Å². The summed E-state index contributed by atoms with van der Waals surface area (Å²) in [5.74, 6) is 3.04. The van der Waals surface area contributed by atoms with Gasteiger partial charge in [-0.25, -0.2) is 0 Å². The molecule has 4 aliphatic rings. The van der Waals surface area contributed by atoms with Gasteiger partial charge in [0.1, 0.15) is 0 Å². The molecule has 0 spiro atoms. The summed E-state index contributed by atoms with van der Waals surface area (Å²) in [6.45, 7) is 6.15. The average Bonchev–Trinajstić information content (AvgIpc) is 2.24. The van der Waals surface area contributed by atoms with Gasteiger partial charge < -0.3 is 4.90 Å². The van der Waals surface area contributed by atoms with Gasteiger partial charge >= 0.3 is 0 Å². The zero-order valence-corrected chi connectivity index (χ0v) is 9.79. The Hall–Kier alpha value is -0.0400. The van der Waals surface area contributed by atoms with E-state index in [0.29, 0.717) is 0 Å². The third-order valence-corrected chi connectivity index (χ3v) is 5.32. The lowest BCUT2D eigenvalue weighted by molar-refractivity contribution is -0.147. The molecule has 3 saturated carbocycles. The van der Waals surface area contributed by atoms with Gasteiger partial charge in [-0.15, -0.1) is 0 Å². The Morgan fingerprint density at radius 2 is 1.86 bits per heavy atom. The first-order valence-corrected chi connectivity index (χ1v) is 6.31. The lowest BCUT2D eigenvalue weighted by Crippen LogP contribution is -2.56. The Morgan fingerprint density at radius 1 is 1.21 bits per heavy atom. The van der Waals surface area contributed by atoms with Crippen LogP contribution in [0.4, 0.5) is 0 Å². The van der Waals surface area contributed by atoms with Crippen LogP contribution in [0.2, 0.25) is 0 Å². The Morgan fingerprint density at radius 3 is 2.21 bits per heavy atom. The summed E-state index contributed by atoms with van der Waals surface area (Å²) in [7, 11) is 2.33. The largest absolute Gasteiger partial charge is 0.303 e. The average molecular weight is 193 g/mol.